The van der Waals surface area contributed by atoms with Gasteiger partial charge in [-0.15, -0.1) is 0 Å². The van der Waals surface area contributed by atoms with Gasteiger partial charge in [-0.25, -0.2) is 9.97 Å². The number of carbonyl (C=O) groups excluding carboxylic acids is 1. The minimum atomic E-state index is -0.196. The SMILES string of the molecule is O=C(Nc1cccc(CCCBr)c1)c1cncnc1. The van der Waals surface area contributed by atoms with Crippen LogP contribution in [0.5, 0.6) is 0 Å². The average Bonchev–Trinajstić information content (AvgIpc) is 2.46. The van der Waals surface area contributed by atoms with Gasteiger partial charge < -0.3 is 5.32 Å². The molecule has 19 heavy (non-hydrogen) atoms. The summed E-state index contributed by atoms with van der Waals surface area (Å²) in [7, 11) is 0. The Kier molecular flexibility index (Phi) is 5.03. The van der Waals surface area contributed by atoms with Crippen LogP contribution in [-0.4, -0.2) is 21.2 Å². The molecule has 1 amide bonds. The summed E-state index contributed by atoms with van der Waals surface area (Å²) in [5.74, 6) is -0.196. The predicted molar refractivity (Wildman–Crippen MR) is 78.5 cm³/mol. The van der Waals surface area contributed by atoms with Crippen LogP contribution in [0.3, 0.4) is 0 Å². The van der Waals surface area contributed by atoms with Gasteiger partial charge in [0.25, 0.3) is 5.91 Å². The molecule has 0 aliphatic heterocycles. The van der Waals surface area contributed by atoms with E-state index in [9.17, 15) is 4.79 Å². The first kappa shape index (κ1) is 13.7. The van der Waals surface area contributed by atoms with Crippen LogP contribution >= 0.6 is 15.9 Å². The molecule has 98 valence electrons. The zero-order valence-corrected chi connectivity index (χ0v) is 11.9. The molecule has 0 aliphatic rings. The zero-order chi connectivity index (χ0) is 13.5. The molecule has 0 radical (unpaired) electrons. The number of aryl methyl sites for hydroxylation is 1. The summed E-state index contributed by atoms with van der Waals surface area (Å²) in [6.07, 6.45) is 6.46. The molecule has 0 unspecified atom stereocenters. The van der Waals surface area contributed by atoms with Crippen LogP contribution in [0.1, 0.15) is 22.3 Å². The molecule has 0 saturated heterocycles. The molecule has 5 heteroatoms. The Morgan fingerprint density at radius 3 is 2.79 bits per heavy atom. The lowest BCUT2D eigenvalue weighted by Crippen LogP contribution is -2.12. The van der Waals surface area contributed by atoms with Gasteiger partial charge in [0.15, 0.2) is 0 Å². The molecular weight excluding hydrogens is 306 g/mol. The van der Waals surface area contributed by atoms with E-state index in [0.717, 1.165) is 23.9 Å². The van der Waals surface area contributed by atoms with Crippen LogP contribution in [0.4, 0.5) is 5.69 Å². The van der Waals surface area contributed by atoms with E-state index in [1.807, 2.05) is 18.2 Å². The van der Waals surface area contributed by atoms with E-state index in [1.165, 1.54) is 24.3 Å². The number of rotatable bonds is 5. The van der Waals surface area contributed by atoms with Crippen molar-refractivity contribution in [3.05, 3.63) is 54.1 Å². The van der Waals surface area contributed by atoms with Crippen molar-refractivity contribution in [2.75, 3.05) is 10.6 Å². The van der Waals surface area contributed by atoms with Gasteiger partial charge in [0.2, 0.25) is 0 Å². The number of benzene rings is 1. The average molecular weight is 320 g/mol. The number of alkyl halides is 1. The Bertz CT molecular complexity index is 545. The molecule has 2 aromatic rings. The van der Waals surface area contributed by atoms with Gasteiger partial charge in [-0.3, -0.25) is 4.79 Å². The van der Waals surface area contributed by atoms with Gasteiger partial charge >= 0.3 is 0 Å². The summed E-state index contributed by atoms with van der Waals surface area (Å²) in [6, 6.07) is 7.87. The number of nitrogens with one attached hydrogen (secondary N) is 1. The van der Waals surface area contributed by atoms with Crippen molar-refractivity contribution in [2.45, 2.75) is 12.8 Å². The molecule has 0 atom stereocenters. The third-order valence-electron chi connectivity index (χ3n) is 2.61. The van der Waals surface area contributed by atoms with E-state index in [-0.39, 0.29) is 5.91 Å². The minimum Gasteiger partial charge on any atom is -0.322 e. The standard InChI is InChI=1S/C14H14BrN3O/c15-6-2-4-11-3-1-5-13(7-11)18-14(19)12-8-16-10-17-9-12/h1,3,5,7-10H,2,4,6H2,(H,18,19). The first-order valence-corrected chi connectivity index (χ1v) is 7.13. The summed E-state index contributed by atoms with van der Waals surface area (Å²) in [6.45, 7) is 0. The first-order chi connectivity index (χ1) is 9.29. The van der Waals surface area contributed by atoms with Crippen molar-refractivity contribution in [3.63, 3.8) is 0 Å². The normalized spacial score (nSPS) is 10.2. The van der Waals surface area contributed by atoms with Crippen LogP contribution in [-0.2, 0) is 6.42 Å². The highest BCUT2D eigenvalue weighted by molar-refractivity contribution is 9.09. The lowest BCUT2D eigenvalue weighted by Gasteiger charge is -2.06. The second kappa shape index (κ2) is 6.99. The molecule has 1 heterocycles. The van der Waals surface area contributed by atoms with Crippen LogP contribution in [0, 0.1) is 0 Å². The fourth-order valence-corrected chi connectivity index (χ4v) is 1.98. The summed E-state index contributed by atoms with van der Waals surface area (Å²) < 4.78 is 0. The lowest BCUT2D eigenvalue weighted by molar-refractivity contribution is 0.102. The Hall–Kier alpha value is -1.75. The number of amides is 1. The smallest absolute Gasteiger partial charge is 0.258 e. The van der Waals surface area contributed by atoms with E-state index in [2.05, 4.69) is 37.3 Å². The number of aromatic nitrogens is 2. The second-order valence-electron chi connectivity index (χ2n) is 4.07. The highest BCUT2D eigenvalue weighted by Gasteiger charge is 2.06. The fraction of sp³-hybridized carbons (Fsp3) is 0.214. The van der Waals surface area contributed by atoms with Crippen molar-refractivity contribution in [3.8, 4) is 0 Å². The molecule has 1 N–H and O–H groups in total. The summed E-state index contributed by atoms with van der Waals surface area (Å²) >= 11 is 3.41. The molecule has 4 nitrogen and oxygen atoms in total. The van der Waals surface area contributed by atoms with Crippen molar-refractivity contribution >= 4 is 27.5 Å². The van der Waals surface area contributed by atoms with Crippen LogP contribution in [0.15, 0.2) is 43.0 Å². The molecule has 1 aromatic carbocycles. The van der Waals surface area contributed by atoms with Crippen LogP contribution in [0.25, 0.3) is 0 Å². The third-order valence-corrected chi connectivity index (χ3v) is 3.17. The van der Waals surface area contributed by atoms with E-state index in [1.54, 1.807) is 0 Å². The van der Waals surface area contributed by atoms with Crippen molar-refractivity contribution < 1.29 is 4.79 Å². The summed E-state index contributed by atoms with van der Waals surface area (Å²) in [5.41, 5.74) is 2.45. The van der Waals surface area contributed by atoms with Gasteiger partial charge in [-0.2, -0.15) is 0 Å². The zero-order valence-electron chi connectivity index (χ0n) is 10.3. The lowest BCUT2D eigenvalue weighted by atomic mass is 10.1. The Morgan fingerprint density at radius 2 is 2.05 bits per heavy atom. The fourth-order valence-electron chi connectivity index (χ4n) is 1.70. The maximum Gasteiger partial charge on any atom is 0.258 e. The van der Waals surface area contributed by atoms with E-state index in [4.69, 9.17) is 0 Å². The highest BCUT2D eigenvalue weighted by Crippen LogP contribution is 2.13. The van der Waals surface area contributed by atoms with E-state index in [0.29, 0.717) is 5.56 Å². The third kappa shape index (κ3) is 4.13. The Morgan fingerprint density at radius 1 is 1.26 bits per heavy atom. The van der Waals surface area contributed by atoms with Gasteiger partial charge in [0.1, 0.15) is 6.33 Å². The molecule has 1 aromatic heterocycles. The van der Waals surface area contributed by atoms with Gasteiger partial charge in [-0.1, -0.05) is 28.1 Å². The van der Waals surface area contributed by atoms with Crippen molar-refractivity contribution in [1.29, 1.82) is 0 Å². The van der Waals surface area contributed by atoms with E-state index >= 15 is 0 Å². The quantitative estimate of drug-likeness (QED) is 0.862. The number of anilines is 1. The van der Waals surface area contributed by atoms with E-state index < -0.39 is 0 Å². The number of nitrogens with zero attached hydrogens (tertiary/aromatic N) is 2. The maximum atomic E-state index is 11.9. The molecule has 2 rings (SSSR count). The monoisotopic (exact) mass is 319 g/mol. The van der Waals surface area contributed by atoms with Crippen molar-refractivity contribution in [2.24, 2.45) is 0 Å². The Balaban J connectivity index is 2.05. The number of halogens is 1. The number of carbonyl (C=O) groups is 1. The minimum absolute atomic E-state index is 0.196. The molecular formula is C14H14BrN3O. The van der Waals surface area contributed by atoms with Crippen LogP contribution in [0.2, 0.25) is 0 Å². The van der Waals surface area contributed by atoms with Crippen LogP contribution < -0.4 is 5.32 Å². The Labute approximate surface area is 120 Å². The van der Waals surface area contributed by atoms with Crippen molar-refractivity contribution in [1.82, 2.24) is 9.97 Å². The van der Waals surface area contributed by atoms with Gasteiger partial charge in [0.05, 0.1) is 5.56 Å². The van der Waals surface area contributed by atoms with Gasteiger partial charge in [-0.05, 0) is 30.5 Å². The molecule has 0 bridgehead atoms. The molecule has 0 fully saturated rings. The summed E-state index contributed by atoms with van der Waals surface area (Å²) in [4.78, 5) is 19.6. The highest BCUT2D eigenvalue weighted by atomic mass is 79.9. The topological polar surface area (TPSA) is 54.9 Å². The predicted octanol–water partition coefficient (Wildman–Crippen LogP) is 3.06. The molecule has 0 spiro atoms. The summed E-state index contributed by atoms with van der Waals surface area (Å²) in [5, 5.41) is 3.82. The second-order valence-corrected chi connectivity index (χ2v) is 4.87. The number of hydrogen-bond acceptors (Lipinski definition) is 3. The molecule has 0 saturated carbocycles. The first-order valence-electron chi connectivity index (χ1n) is 6.01. The largest absolute Gasteiger partial charge is 0.322 e. The maximum absolute atomic E-state index is 11.9. The van der Waals surface area contributed by atoms with Gasteiger partial charge in [0, 0.05) is 23.4 Å². The molecule has 0 aliphatic carbocycles. The number of hydrogen-bond donors (Lipinski definition) is 1.